The van der Waals surface area contributed by atoms with E-state index in [1.54, 1.807) is 0 Å². The summed E-state index contributed by atoms with van der Waals surface area (Å²) in [5, 5.41) is 9.70. The highest BCUT2D eigenvalue weighted by molar-refractivity contribution is 7.99. The maximum atomic E-state index is 2.45. The largest absolute Gasteiger partial charge is 0.222 e. The second kappa shape index (κ2) is 6.44. The van der Waals surface area contributed by atoms with Gasteiger partial charge in [-0.1, -0.05) is 79.1 Å². The fraction of sp³-hybridized carbons (Fsp3) is 0.179. The molecule has 0 aliphatic carbocycles. The molecule has 0 amide bonds. The van der Waals surface area contributed by atoms with Crippen LogP contribution in [0.1, 0.15) is 5.56 Å². The van der Waals surface area contributed by atoms with E-state index in [1.807, 2.05) is 11.8 Å². The van der Waals surface area contributed by atoms with Crippen LogP contribution in [0.4, 0.5) is 0 Å². The summed E-state index contributed by atoms with van der Waals surface area (Å²) in [7, 11) is 0.828. The van der Waals surface area contributed by atoms with Crippen LogP contribution < -0.4 is 9.75 Å². The molecule has 1 aliphatic rings. The van der Waals surface area contributed by atoms with Gasteiger partial charge in [0.2, 0.25) is 5.69 Å². The first-order valence-electron chi connectivity index (χ1n) is 10.9. The molecule has 0 fully saturated rings. The fourth-order valence-corrected chi connectivity index (χ4v) is 7.54. The van der Waals surface area contributed by atoms with Crippen LogP contribution in [-0.2, 0) is 7.05 Å². The van der Waals surface area contributed by atoms with Crippen molar-refractivity contribution >= 4 is 57.3 Å². The number of pyridine rings is 1. The smallest absolute Gasteiger partial charge is 0.200 e. The summed E-state index contributed by atoms with van der Waals surface area (Å²) in [5.41, 5.74) is 4.12. The predicted octanol–water partition coefficient (Wildman–Crippen LogP) is 6.96. The third-order valence-corrected chi connectivity index (χ3v) is 9.92. The van der Waals surface area contributed by atoms with Gasteiger partial charge in [-0.05, 0) is 46.2 Å². The quantitative estimate of drug-likeness (QED) is 0.153. The SMILES string of the molecule is Cc1c2c(cc3ccccc13)Sc1cc3cc([Si](C)(C)C)ccc3c3cc[n+](C)c-2c13. The summed E-state index contributed by atoms with van der Waals surface area (Å²) in [6, 6.07) is 23.1. The van der Waals surface area contributed by atoms with Crippen molar-refractivity contribution in [1.82, 2.24) is 0 Å². The number of fused-ring (bicyclic) bond motifs is 5. The molecule has 0 bridgehead atoms. The summed E-state index contributed by atoms with van der Waals surface area (Å²) in [4.78, 5) is 2.75. The molecule has 0 unspecified atom stereocenters. The Bertz CT molecular complexity index is 1560. The van der Waals surface area contributed by atoms with Crippen LogP contribution in [-0.4, -0.2) is 8.07 Å². The van der Waals surface area contributed by atoms with Gasteiger partial charge in [-0.15, -0.1) is 0 Å². The van der Waals surface area contributed by atoms with Gasteiger partial charge < -0.3 is 0 Å². The summed E-state index contributed by atoms with van der Waals surface area (Å²) in [6.07, 6.45) is 2.24. The minimum Gasteiger partial charge on any atom is -0.200 e. The fourth-order valence-electron chi connectivity index (χ4n) is 5.10. The molecule has 0 N–H and O–H groups in total. The van der Waals surface area contributed by atoms with Crippen molar-refractivity contribution in [1.29, 1.82) is 0 Å². The Balaban J connectivity index is 1.76. The molecule has 0 saturated heterocycles. The Kier molecular flexibility index (Phi) is 3.97. The Morgan fingerprint density at radius 2 is 1.55 bits per heavy atom. The van der Waals surface area contributed by atoms with Crippen LogP contribution in [0.25, 0.3) is 43.6 Å². The second-order valence-electron chi connectivity index (χ2n) is 9.82. The van der Waals surface area contributed by atoms with Gasteiger partial charge in [0.1, 0.15) is 7.05 Å². The van der Waals surface area contributed by atoms with Crippen LogP contribution in [0.5, 0.6) is 0 Å². The molecular formula is C28H26NSSi+. The Morgan fingerprint density at radius 3 is 2.35 bits per heavy atom. The molecule has 3 heteroatoms. The van der Waals surface area contributed by atoms with E-state index < -0.39 is 8.07 Å². The van der Waals surface area contributed by atoms with E-state index in [2.05, 4.69) is 105 Å². The third-order valence-electron chi connectivity index (χ3n) is 6.79. The van der Waals surface area contributed by atoms with Crippen molar-refractivity contribution in [3.63, 3.8) is 0 Å². The molecule has 6 rings (SSSR count). The Hall–Kier alpha value is -2.62. The normalized spacial score (nSPS) is 13.2. The molecule has 2 heterocycles. The first kappa shape index (κ1) is 19.1. The van der Waals surface area contributed by atoms with Crippen LogP contribution in [0.3, 0.4) is 0 Å². The van der Waals surface area contributed by atoms with Crippen LogP contribution in [0.2, 0.25) is 19.6 Å². The minimum atomic E-state index is -1.36. The van der Waals surface area contributed by atoms with Crippen molar-refractivity contribution < 1.29 is 4.57 Å². The number of hydrogen-bond donors (Lipinski definition) is 0. The summed E-state index contributed by atoms with van der Waals surface area (Å²) >= 11 is 1.94. The number of aryl methyl sites for hydroxylation is 2. The van der Waals surface area contributed by atoms with Crippen LogP contribution in [0.15, 0.2) is 76.7 Å². The lowest BCUT2D eigenvalue weighted by Crippen LogP contribution is -2.37. The van der Waals surface area contributed by atoms with E-state index in [-0.39, 0.29) is 0 Å². The monoisotopic (exact) mass is 436 g/mol. The molecule has 0 atom stereocenters. The lowest BCUT2D eigenvalue weighted by atomic mass is 9.93. The molecule has 152 valence electrons. The van der Waals surface area contributed by atoms with Crippen molar-refractivity contribution in [2.24, 2.45) is 7.05 Å². The topological polar surface area (TPSA) is 3.88 Å². The molecule has 0 radical (unpaired) electrons. The predicted molar refractivity (Wildman–Crippen MR) is 137 cm³/mol. The maximum Gasteiger partial charge on any atom is 0.222 e. The molecule has 0 saturated carbocycles. The van der Waals surface area contributed by atoms with Gasteiger partial charge >= 0.3 is 0 Å². The first-order chi connectivity index (χ1) is 14.8. The molecule has 1 nitrogen and oxygen atoms in total. The summed E-state index contributed by atoms with van der Waals surface area (Å²) in [5.74, 6) is 0. The third kappa shape index (κ3) is 2.73. The maximum absolute atomic E-state index is 2.45. The van der Waals surface area contributed by atoms with E-state index in [1.165, 1.54) is 64.1 Å². The van der Waals surface area contributed by atoms with Gasteiger partial charge in [-0.3, -0.25) is 0 Å². The van der Waals surface area contributed by atoms with Gasteiger partial charge in [0.05, 0.1) is 19.0 Å². The zero-order chi connectivity index (χ0) is 21.5. The highest BCUT2D eigenvalue weighted by atomic mass is 32.2. The van der Waals surface area contributed by atoms with Crippen molar-refractivity contribution in [2.45, 2.75) is 36.4 Å². The first-order valence-corrected chi connectivity index (χ1v) is 15.2. The lowest BCUT2D eigenvalue weighted by molar-refractivity contribution is -0.659. The van der Waals surface area contributed by atoms with E-state index in [9.17, 15) is 0 Å². The lowest BCUT2D eigenvalue weighted by Gasteiger charge is -2.23. The molecular weight excluding hydrogens is 410 g/mol. The van der Waals surface area contributed by atoms with Gasteiger partial charge in [-0.25, -0.2) is 4.57 Å². The Labute approximate surface area is 188 Å². The summed E-state index contributed by atoms with van der Waals surface area (Å²) in [6.45, 7) is 9.57. The molecule has 4 aromatic carbocycles. The van der Waals surface area contributed by atoms with E-state index >= 15 is 0 Å². The molecule has 0 spiro atoms. The molecule has 1 aromatic heterocycles. The van der Waals surface area contributed by atoms with Gasteiger partial charge in [0, 0.05) is 21.2 Å². The van der Waals surface area contributed by atoms with Gasteiger partial charge in [-0.2, -0.15) is 0 Å². The summed E-state index contributed by atoms with van der Waals surface area (Å²) < 4.78 is 2.31. The van der Waals surface area contributed by atoms with E-state index in [0.717, 1.165) is 0 Å². The standard InChI is InChI=1S/C28H26NSSi/c1-17-21-9-7-6-8-18(21)15-24-26(17)28-27-23(12-13-29(28)2)22-11-10-20(31(3,4)5)14-19(22)16-25(27)30-24/h6-16H,1-5H3/q+1. The number of benzene rings is 4. The number of rotatable bonds is 1. The number of aromatic nitrogens is 1. The van der Waals surface area contributed by atoms with Gasteiger partial charge in [0.15, 0.2) is 6.20 Å². The van der Waals surface area contributed by atoms with Crippen molar-refractivity contribution in [2.75, 3.05) is 0 Å². The molecule has 1 aliphatic heterocycles. The highest BCUT2D eigenvalue weighted by Gasteiger charge is 2.30. The minimum absolute atomic E-state index is 1.33. The van der Waals surface area contributed by atoms with Crippen molar-refractivity contribution in [3.8, 4) is 11.3 Å². The van der Waals surface area contributed by atoms with E-state index in [0.29, 0.717) is 0 Å². The highest BCUT2D eigenvalue weighted by Crippen LogP contribution is 2.50. The molecule has 5 aromatic rings. The molecule has 31 heavy (non-hydrogen) atoms. The zero-order valence-corrected chi connectivity index (χ0v) is 20.5. The second-order valence-corrected chi connectivity index (χ2v) is 16.0. The zero-order valence-electron chi connectivity index (χ0n) is 18.7. The van der Waals surface area contributed by atoms with E-state index in [4.69, 9.17) is 0 Å². The number of nitrogens with zero attached hydrogens (tertiary/aromatic N) is 1. The number of hydrogen-bond acceptors (Lipinski definition) is 1. The Morgan fingerprint density at radius 1 is 0.774 bits per heavy atom. The van der Waals surface area contributed by atoms with Crippen LogP contribution in [0, 0.1) is 6.92 Å². The average Bonchev–Trinajstić information content (AvgIpc) is 2.74. The van der Waals surface area contributed by atoms with Crippen LogP contribution >= 0.6 is 11.8 Å². The van der Waals surface area contributed by atoms with Gasteiger partial charge in [0.25, 0.3) is 0 Å². The average molecular weight is 437 g/mol. The van der Waals surface area contributed by atoms with Crippen molar-refractivity contribution in [3.05, 3.63) is 72.4 Å².